The van der Waals surface area contributed by atoms with Crippen molar-refractivity contribution < 1.29 is 4.39 Å². The number of rotatable bonds is 2. The summed E-state index contributed by atoms with van der Waals surface area (Å²) in [4.78, 5) is 0. The van der Waals surface area contributed by atoms with E-state index < -0.39 is 0 Å². The van der Waals surface area contributed by atoms with Gasteiger partial charge in [0.15, 0.2) is 10.6 Å². The first-order valence-corrected chi connectivity index (χ1v) is 7.27. The Labute approximate surface area is 132 Å². The minimum absolute atomic E-state index is 0.0683. The van der Waals surface area contributed by atoms with Crippen LogP contribution < -0.4 is 0 Å². The van der Waals surface area contributed by atoms with Crippen LogP contribution in [0.25, 0.3) is 17.2 Å². The van der Waals surface area contributed by atoms with Crippen LogP contribution in [0.3, 0.4) is 0 Å². The molecule has 0 spiro atoms. The Morgan fingerprint density at radius 2 is 1.86 bits per heavy atom. The lowest BCUT2D eigenvalue weighted by atomic mass is 9.92. The van der Waals surface area contributed by atoms with Crippen LogP contribution in [0, 0.1) is 10.6 Å². The zero-order valence-electron chi connectivity index (χ0n) is 12.5. The first kappa shape index (κ1) is 14.6. The summed E-state index contributed by atoms with van der Waals surface area (Å²) in [6.45, 7) is 6.24. The number of nitrogens with zero attached hydrogens (tertiary/aromatic N) is 3. The summed E-state index contributed by atoms with van der Waals surface area (Å²) < 4.78 is 16.0. The van der Waals surface area contributed by atoms with Gasteiger partial charge in [-0.1, -0.05) is 32.9 Å². The molecule has 0 atom stereocenters. The first-order valence-electron chi connectivity index (χ1n) is 6.86. The van der Waals surface area contributed by atoms with Crippen LogP contribution in [0.1, 0.15) is 26.5 Å². The maximum absolute atomic E-state index is 14.1. The van der Waals surface area contributed by atoms with Gasteiger partial charge in [0.1, 0.15) is 11.5 Å². The molecular weight excluding hydrogens is 301 g/mol. The van der Waals surface area contributed by atoms with E-state index in [1.165, 1.54) is 6.07 Å². The number of hydrogen-bond acceptors (Lipinski definition) is 3. The summed E-state index contributed by atoms with van der Waals surface area (Å²) in [5.41, 5.74) is 1.86. The molecule has 0 fully saturated rings. The lowest BCUT2D eigenvalue weighted by Crippen LogP contribution is -2.11. The molecule has 0 aliphatic rings. The van der Waals surface area contributed by atoms with Gasteiger partial charge in [-0.2, -0.15) is 10.2 Å². The predicted molar refractivity (Wildman–Crippen MR) is 85.0 cm³/mol. The lowest BCUT2D eigenvalue weighted by molar-refractivity contribution is 0.567. The SMILES string of the molecule is CC(C)(C)c1cc(-c2n[nH]c(=S)n2-c2ccccc2F)n[nH]1. The Hall–Kier alpha value is -2.28. The molecule has 0 saturated heterocycles. The van der Waals surface area contributed by atoms with Crippen LogP contribution >= 0.6 is 12.2 Å². The van der Waals surface area contributed by atoms with Crippen LogP contribution in [0.4, 0.5) is 4.39 Å². The summed E-state index contributed by atoms with van der Waals surface area (Å²) in [6.07, 6.45) is 0. The van der Waals surface area contributed by atoms with E-state index >= 15 is 0 Å². The molecule has 2 N–H and O–H groups in total. The highest BCUT2D eigenvalue weighted by Gasteiger charge is 2.20. The molecule has 0 saturated carbocycles. The molecule has 0 bridgehead atoms. The molecule has 1 aromatic carbocycles. The summed E-state index contributed by atoms with van der Waals surface area (Å²) in [5.74, 6) is 0.106. The Morgan fingerprint density at radius 1 is 1.14 bits per heavy atom. The van der Waals surface area contributed by atoms with Gasteiger partial charge in [0.2, 0.25) is 0 Å². The van der Waals surface area contributed by atoms with Crippen LogP contribution in [0.15, 0.2) is 30.3 Å². The van der Waals surface area contributed by atoms with Crippen molar-refractivity contribution in [3.8, 4) is 17.2 Å². The van der Waals surface area contributed by atoms with Gasteiger partial charge in [-0.25, -0.2) is 4.39 Å². The molecule has 0 aliphatic heterocycles. The van der Waals surface area contributed by atoms with Gasteiger partial charge >= 0.3 is 0 Å². The summed E-state index contributed by atoms with van der Waals surface area (Å²) in [6, 6.07) is 8.33. The second-order valence-corrected chi connectivity index (χ2v) is 6.44. The van der Waals surface area contributed by atoms with Gasteiger partial charge in [-0.3, -0.25) is 14.8 Å². The van der Waals surface area contributed by atoms with Crippen molar-refractivity contribution >= 4 is 12.2 Å². The molecule has 2 aromatic heterocycles. The monoisotopic (exact) mass is 317 g/mol. The number of aromatic nitrogens is 5. The quantitative estimate of drug-likeness (QED) is 0.708. The molecule has 5 nitrogen and oxygen atoms in total. The highest BCUT2D eigenvalue weighted by Crippen LogP contribution is 2.26. The first-order chi connectivity index (χ1) is 10.4. The molecule has 22 heavy (non-hydrogen) atoms. The van der Waals surface area contributed by atoms with E-state index in [0.29, 0.717) is 22.0 Å². The van der Waals surface area contributed by atoms with Crippen LogP contribution in [0.2, 0.25) is 0 Å². The number of aromatic amines is 2. The fourth-order valence-electron chi connectivity index (χ4n) is 2.15. The largest absolute Gasteiger partial charge is 0.281 e. The normalized spacial score (nSPS) is 11.8. The van der Waals surface area contributed by atoms with Crippen molar-refractivity contribution in [3.05, 3.63) is 46.6 Å². The van der Waals surface area contributed by atoms with Crippen molar-refractivity contribution in [3.63, 3.8) is 0 Å². The molecule has 0 unspecified atom stereocenters. The maximum Gasteiger partial charge on any atom is 0.200 e. The van der Waals surface area contributed by atoms with Crippen molar-refractivity contribution in [2.45, 2.75) is 26.2 Å². The van der Waals surface area contributed by atoms with Crippen LogP contribution in [-0.2, 0) is 5.41 Å². The third kappa shape index (κ3) is 2.48. The Kier molecular flexibility index (Phi) is 3.44. The summed E-state index contributed by atoms with van der Waals surface area (Å²) in [7, 11) is 0. The van der Waals surface area contributed by atoms with Gasteiger partial charge in [-0.15, -0.1) is 0 Å². The molecule has 0 amide bonds. The van der Waals surface area contributed by atoms with Crippen molar-refractivity contribution in [1.29, 1.82) is 0 Å². The number of halogens is 1. The second-order valence-electron chi connectivity index (χ2n) is 6.06. The fraction of sp³-hybridized carbons (Fsp3) is 0.267. The topological polar surface area (TPSA) is 62.3 Å². The molecule has 2 heterocycles. The molecule has 0 aliphatic carbocycles. The van der Waals surface area contributed by atoms with E-state index in [4.69, 9.17) is 12.2 Å². The number of nitrogens with one attached hydrogen (secondary N) is 2. The van der Waals surface area contributed by atoms with Gasteiger partial charge in [0.05, 0.1) is 5.69 Å². The number of para-hydroxylation sites is 1. The van der Waals surface area contributed by atoms with E-state index in [2.05, 4.69) is 41.2 Å². The number of benzene rings is 1. The van der Waals surface area contributed by atoms with Gasteiger partial charge in [0.25, 0.3) is 0 Å². The fourth-order valence-corrected chi connectivity index (χ4v) is 2.38. The number of H-pyrrole nitrogens is 2. The van der Waals surface area contributed by atoms with Crippen molar-refractivity contribution in [2.75, 3.05) is 0 Å². The van der Waals surface area contributed by atoms with E-state index in [0.717, 1.165) is 5.69 Å². The third-order valence-corrected chi connectivity index (χ3v) is 3.65. The van der Waals surface area contributed by atoms with E-state index in [1.54, 1.807) is 22.8 Å². The van der Waals surface area contributed by atoms with Gasteiger partial charge in [0, 0.05) is 11.1 Å². The standard InChI is InChI=1S/C15H16FN5S/c1-15(2,3)12-8-10(17-18-12)13-19-20-14(22)21(13)11-7-5-4-6-9(11)16/h4-8H,1-3H3,(H,17,18)(H,20,22). The highest BCUT2D eigenvalue weighted by molar-refractivity contribution is 7.71. The zero-order valence-corrected chi connectivity index (χ0v) is 13.3. The summed E-state index contributed by atoms with van der Waals surface area (Å²) >= 11 is 5.23. The zero-order chi connectivity index (χ0) is 15.9. The second kappa shape index (κ2) is 5.17. The highest BCUT2D eigenvalue weighted by atomic mass is 32.1. The molecular formula is C15H16FN5S. The maximum atomic E-state index is 14.1. The van der Waals surface area contributed by atoms with Crippen molar-refractivity contribution in [2.24, 2.45) is 0 Å². The van der Waals surface area contributed by atoms with E-state index in [9.17, 15) is 4.39 Å². The van der Waals surface area contributed by atoms with E-state index in [-0.39, 0.29) is 11.2 Å². The van der Waals surface area contributed by atoms with Gasteiger partial charge in [-0.05, 0) is 30.4 Å². The Bertz CT molecular complexity index is 868. The molecule has 3 aromatic rings. The summed E-state index contributed by atoms with van der Waals surface area (Å²) in [5, 5.41) is 14.2. The minimum atomic E-state index is -0.368. The average molecular weight is 317 g/mol. The Morgan fingerprint density at radius 3 is 2.50 bits per heavy atom. The number of hydrogen-bond donors (Lipinski definition) is 2. The average Bonchev–Trinajstić information content (AvgIpc) is 3.05. The van der Waals surface area contributed by atoms with E-state index in [1.807, 2.05) is 6.07 Å². The Balaban J connectivity index is 2.17. The van der Waals surface area contributed by atoms with Crippen LogP contribution in [0.5, 0.6) is 0 Å². The minimum Gasteiger partial charge on any atom is -0.281 e. The molecule has 0 radical (unpaired) electrons. The molecule has 7 heteroatoms. The molecule has 114 valence electrons. The lowest BCUT2D eigenvalue weighted by Gasteiger charge is -2.14. The third-order valence-electron chi connectivity index (χ3n) is 3.38. The van der Waals surface area contributed by atoms with Crippen LogP contribution in [-0.4, -0.2) is 25.0 Å². The molecule has 3 rings (SSSR count). The predicted octanol–water partition coefficient (Wildman–Crippen LogP) is 3.76. The van der Waals surface area contributed by atoms with Crippen molar-refractivity contribution in [1.82, 2.24) is 25.0 Å². The van der Waals surface area contributed by atoms with Gasteiger partial charge < -0.3 is 0 Å². The smallest absolute Gasteiger partial charge is 0.200 e.